The van der Waals surface area contributed by atoms with Crippen LogP contribution in [0.5, 0.6) is 0 Å². The number of esters is 1. The maximum absolute atomic E-state index is 11.6. The van der Waals surface area contributed by atoms with Gasteiger partial charge in [-0.2, -0.15) is 0 Å². The number of nitrogens with zero attached hydrogens (tertiary/aromatic N) is 3. The highest BCUT2D eigenvalue weighted by Gasteiger charge is 2.15. The number of imidazole rings is 1. The van der Waals surface area contributed by atoms with Crippen molar-refractivity contribution < 1.29 is 9.53 Å². The lowest BCUT2D eigenvalue weighted by Crippen LogP contribution is -2.10. The van der Waals surface area contributed by atoms with E-state index in [1.807, 2.05) is 17.7 Å². The summed E-state index contributed by atoms with van der Waals surface area (Å²) in [6, 6.07) is 0. The summed E-state index contributed by atoms with van der Waals surface area (Å²) in [5, 5.41) is 3.93. The number of carbonyl (C=O) groups excluding carboxylic acids is 1. The van der Waals surface area contributed by atoms with E-state index >= 15 is 0 Å². The normalized spacial score (nSPS) is 10.4. The average Bonchev–Trinajstić information content (AvgIpc) is 2.99. The summed E-state index contributed by atoms with van der Waals surface area (Å²) in [6.45, 7) is 5.53. The Morgan fingerprint density at radius 1 is 1.58 bits per heavy atom. The van der Waals surface area contributed by atoms with Gasteiger partial charge in [-0.15, -0.1) is 11.3 Å². The number of aromatic nitrogens is 3. The van der Waals surface area contributed by atoms with Gasteiger partial charge in [0, 0.05) is 30.4 Å². The van der Waals surface area contributed by atoms with E-state index in [2.05, 4.69) is 15.3 Å². The Kier molecular flexibility index (Phi) is 4.51. The Bertz CT molecular complexity index is 536. The van der Waals surface area contributed by atoms with Crippen molar-refractivity contribution in [3.8, 4) is 0 Å². The van der Waals surface area contributed by atoms with Crippen LogP contribution in [-0.4, -0.2) is 33.7 Å². The maximum atomic E-state index is 11.6. The van der Waals surface area contributed by atoms with E-state index in [-0.39, 0.29) is 5.97 Å². The second-order valence-electron chi connectivity index (χ2n) is 3.87. The highest BCUT2D eigenvalue weighted by Crippen LogP contribution is 2.22. The highest BCUT2D eigenvalue weighted by atomic mass is 32.1. The van der Waals surface area contributed by atoms with Gasteiger partial charge < -0.3 is 14.6 Å². The van der Waals surface area contributed by atoms with Crippen molar-refractivity contribution >= 4 is 22.4 Å². The van der Waals surface area contributed by atoms with Crippen molar-refractivity contribution in [1.82, 2.24) is 14.5 Å². The van der Waals surface area contributed by atoms with Gasteiger partial charge in [-0.3, -0.25) is 0 Å². The number of rotatable bonds is 6. The molecule has 102 valence electrons. The van der Waals surface area contributed by atoms with Crippen LogP contribution in [0, 0.1) is 6.92 Å². The third kappa shape index (κ3) is 3.54. The van der Waals surface area contributed by atoms with Crippen LogP contribution >= 0.6 is 11.3 Å². The van der Waals surface area contributed by atoms with Crippen molar-refractivity contribution in [2.24, 2.45) is 0 Å². The van der Waals surface area contributed by atoms with E-state index in [0.29, 0.717) is 12.3 Å². The first-order valence-electron chi connectivity index (χ1n) is 6.05. The van der Waals surface area contributed by atoms with Gasteiger partial charge in [-0.1, -0.05) is 0 Å². The van der Waals surface area contributed by atoms with Crippen molar-refractivity contribution in [2.45, 2.75) is 20.4 Å². The topological polar surface area (TPSA) is 69.0 Å². The summed E-state index contributed by atoms with van der Waals surface area (Å²) in [6.07, 6.45) is 5.41. The van der Waals surface area contributed by atoms with Crippen LogP contribution in [0.2, 0.25) is 0 Å². The second-order valence-corrected chi connectivity index (χ2v) is 5.07. The van der Waals surface area contributed by atoms with Gasteiger partial charge in [0.1, 0.15) is 0 Å². The molecule has 1 N–H and O–H groups in total. The first-order valence-corrected chi connectivity index (χ1v) is 6.86. The number of thiazole rings is 1. The molecular formula is C12H16N4O2S. The van der Waals surface area contributed by atoms with Crippen molar-refractivity contribution in [3.63, 3.8) is 0 Å². The summed E-state index contributed by atoms with van der Waals surface area (Å²) >= 11 is 1.46. The van der Waals surface area contributed by atoms with E-state index in [9.17, 15) is 4.79 Å². The van der Waals surface area contributed by atoms with Crippen molar-refractivity contribution in [2.75, 3.05) is 18.5 Å². The molecule has 0 aliphatic rings. The fourth-order valence-electron chi connectivity index (χ4n) is 1.57. The first kappa shape index (κ1) is 13.5. The monoisotopic (exact) mass is 280 g/mol. The largest absolute Gasteiger partial charge is 0.461 e. The van der Waals surface area contributed by atoms with Crippen LogP contribution in [0.15, 0.2) is 18.7 Å². The van der Waals surface area contributed by atoms with Gasteiger partial charge in [0.2, 0.25) is 0 Å². The summed E-state index contributed by atoms with van der Waals surface area (Å²) < 4.78 is 6.92. The Labute approximate surface area is 115 Å². The number of aryl methyl sites for hydroxylation is 1. The number of hydrogen-bond donors (Lipinski definition) is 1. The molecule has 0 spiro atoms. The van der Waals surface area contributed by atoms with Crippen LogP contribution in [0.25, 0.3) is 0 Å². The van der Waals surface area contributed by atoms with Crippen molar-refractivity contribution in [1.29, 1.82) is 0 Å². The Balaban J connectivity index is 1.90. The first-order chi connectivity index (χ1) is 9.20. The minimum absolute atomic E-state index is 0.360. The number of anilines is 1. The van der Waals surface area contributed by atoms with Crippen LogP contribution in [0.3, 0.4) is 0 Å². The molecule has 0 saturated heterocycles. The van der Waals surface area contributed by atoms with Gasteiger partial charge in [-0.25, -0.2) is 14.8 Å². The Hall–Kier alpha value is -1.89. The lowest BCUT2D eigenvalue weighted by Gasteiger charge is -2.02. The fourth-order valence-corrected chi connectivity index (χ4v) is 2.40. The zero-order valence-corrected chi connectivity index (χ0v) is 11.7. The number of carbonyl (C=O) groups is 1. The van der Waals surface area contributed by atoms with Gasteiger partial charge in [0.05, 0.1) is 12.9 Å². The molecule has 0 fully saturated rings. The third-order valence-corrected chi connectivity index (χ3v) is 3.40. The summed E-state index contributed by atoms with van der Waals surface area (Å²) in [7, 11) is 0. The predicted octanol–water partition coefficient (Wildman–Crippen LogP) is 1.94. The minimum atomic E-state index is -0.362. The molecule has 2 rings (SSSR count). The Morgan fingerprint density at radius 3 is 3.11 bits per heavy atom. The van der Waals surface area contributed by atoms with Gasteiger partial charge >= 0.3 is 5.97 Å². The number of hydrogen-bond acceptors (Lipinski definition) is 6. The van der Waals surface area contributed by atoms with Gasteiger partial charge in [0.15, 0.2) is 10.8 Å². The van der Waals surface area contributed by atoms with Crippen LogP contribution in [0.4, 0.5) is 5.13 Å². The van der Waals surface area contributed by atoms with E-state index in [1.54, 1.807) is 19.4 Å². The van der Waals surface area contributed by atoms with E-state index in [0.717, 1.165) is 23.1 Å². The smallest absolute Gasteiger partial charge is 0.358 e. The lowest BCUT2D eigenvalue weighted by atomic mass is 10.4. The molecule has 0 aliphatic carbocycles. The molecule has 2 heterocycles. The molecule has 0 aliphatic heterocycles. The second kappa shape index (κ2) is 6.33. The highest BCUT2D eigenvalue weighted by molar-refractivity contribution is 7.15. The summed E-state index contributed by atoms with van der Waals surface area (Å²) in [5.41, 5.74) is 0.400. The van der Waals surface area contributed by atoms with E-state index < -0.39 is 0 Å². The number of ether oxygens (including phenoxy) is 1. The fraction of sp³-hybridized carbons (Fsp3) is 0.417. The molecule has 7 heteroatoms. The molecular weight excluding hydrogens is 264 g/mol. The van der Waals surface area contributed by atoms with E-state index in [1.165, 1.54) is 11.3 Å². The molecule has 0 atom stereocenters. The Morgan fingerprint density at radius 2 is 2.42 bits per heavy atom. The molecule has 0 unspecified atom stereocenters. The summed E-state index contributed by atoms with van der Waals surface area (Å²) in [4.78, 5) is 20.7. The standard InChI is InChI=1S/C12H16N4O2S/c1-3-18-11(17)10-9(2)19-12(15-10)14-5-7-16-6-4-13-8-16/h4,6,8H,3,5,7H2,1-2H3,(H,14,15). The predicted molar refractivity (Wildman–Crippen MR) is 73.5 cm³/mol. The van der Waals surface area contributed by atoms with Crippen molar-refractivity contribution in [3.05, 3.63) is 29.3 Å². The maximum Gasteiger partial charge on any atom is 0.358 e. The molecule has 19 heavy (non-hydrogen) atoms. The van der Waals surface area contributed by atoms with Crippen LogP contribution < -0.4 is 5.32 Å². The summed E-state index contributed by atoms with van der Waals surface area (Å²) in [5.74, 6) is -0.362. The molecule has 2 aromatic rings. The molecule has 0 amide bonds. The molecule has 6 nitrogen and oxygen atoms in total. The van der Waals surface area contributed by atoms with Crippen LogP contribution in [-0.2, 0) is 11.3 Å². The zero-order valence-electron chi connectivity index (χ0n) is 10.9. The molecule has 0 bridgehead atoms. The SMILES string of the molecule is CCOC(=O)c1nc(NCCn2ccnc2)sc1C. The minimum Gasteiger partial charge on any atom is -0.461 e. The third-order valence-electron chi connectivity index (χ3n) is 2.47. The van der Waals surface area contributed by atoms with Crippen LogP contribution in [0.1, 0.15) is 22.3 Å². The van der Waals surface area contributed by atoms with Gasteiger partial charge in [-0.05, 0) is 13.8 Å². The van der Waals surface area contributed by atoms with Gasteiger partial charge in [0.25, 0.3) is 0 Å². The van der Waals surface area contributed by atoms with E-state index in [4.69, 9.17) is 4.74 Å². The molecule has 0 saturated carbocycles. The molecule has 2 aromatic heterocycles. The zero-order chi connectivity index (χ0) is 13.7. The average molecular weight is 280 g/mol. The molecule has 0 radical (unpaired) electrons. The number of nitrogens with one attached hydrogen (secondary N) is 1. The molecule has 0 aromatic carbocycles. The lowest BCUT2D eigenvalue weighted by molar-refractivity contribution is 0.0519. The quantitative estimate of drug-likeness (QED) is 0.819.